The summed E-state index contributed by atoms with van der Waals surface area (Å²) in [6.07, 6.45) is 7.21. The van der Waals surface area contributed by atoms with Gasteiger partial charge in [0.05, 0.1) is 25.0 Å². The van der Waals surface area contributed by atoms with Crippen LogP contribution in [0.15, 0.2) is 11.6 Å². The van der Waals surface area contributed by atoms with Gasteiger partial charge in [-0.3, -0.25) is 4.79 Å². The van der Waals surface area contributed by atoms with Crippen molar-refractivity contribution in [2.45, 2.75) is 46.0 Å². The zero-order valence-electron chi connectivity index (χ0n) is 11.6. The molecule has 3 nitrogen and oxygen atoms in total. The van der Waals surface area contributed by atoms with E-state index < -0.39 is 0 Å². The van der Waals surface area contributed by atoms with Gasteiger partial charge in [0.1, 0.15) is 0 Å². The number of unbranched alkanes of at least 4 members (excludes halogenated alkanes) is 2. The van der Waals surface area contributed by atoms with Crippen molar-refractivity contribution in [1.82, 2.24) is 0 Å². The van der Waals surface area contributed by atoms with Gasteiger partial charge in [-0.05, 0) is 25.7 Å². The number of carbonyl (C=O) groups is 1. The summed E-state index contributed by atoms with van der Waals surface area (Å²) in [5.74, 6) is -0.0747. The van der Waals surface area contributed by atoms with Gasteiger partial charge in [-0.25, -0.2) is 0 Å². The number of allylic oxidation sites excluding steroid dienone is 1. The van der Waals surface area contributed by atoms with E-state index in [1.165, 1.54) is 20.0 Å². The summed E-state index contributed by atoms with van der Waals surface area (Å²) >= 11 is 0. The summed E-state index contributed by atoms with van der Waals surface area (Å²) in [6.45, 7) is 4.11. The maximum absolute atomic E-state index is 11.9. The number of carbonyl (C=O) groups excluding carboxylic acids is 1. The molecule has 0 amide bonds. The zero-order chi connectivity index (χ0) is 13.5. The van der Waals surface area contributed by atoms with Crippen LogP contribution in [-0.2, 0) is 9.53 Å². The molecule has 1 aliphatic carbocycles. The van der Waals surface area contributed by atoms with Crippen LogP contribution in [0, 0.1) is 29.1 Å². The van der Waals surface area contributed by atoms with Gasteiger partial charge in [-0.15, -0.1) is 0 Å². The maximum Gasteiger partial charge on any atom is 0.313 e. The van der Waals surface area contributed by atoms with Crippen LogP contribution < -0.4 is 0 Å². The first-order valence-electron chi connectivity index (χ1n) is 6.79. The Morgan fingerprint density at radius 3 is 2.83 bits per heavy atom. The quantitative estimate of drug-likeness (QED) is 0.426. The van der Waals surface area contributed by atoms with E-state index in [2.05, 4.69) is 13.0 Å². The molecule has 3 unspecified atom stereocenters. The van der Waals surface area contributed by atoms with E-state index in [0.29, 0.717) is 0 Å². The van der Waals surface area contributed by atoms with Crippen molar-refractivity contribution >= 4 is 5.97 Å². The van der Waals surface area contributed by atoms with Crippen molar-refractivity contribution in [2.75, 3.05) is 7.11 Å². The lowest BCUT2D eigenvalue weighted by Gasteiger charge is -2.31. The number of methoxy groups -OCH3 is 1. The predicted molar refractivity (Wildman–Crippen MR) is 70.6 cm³/mol. The molecule has 0 fully saturated rings. The van der Waals surface area contributed by atoms with Gasteiger partial charge in [0.15, 0.2) is 0 Å². The maximum atomic E-state index is 11.9. The van der Waals surface area contributed by atoms with Gasteiger partial charge in [0.25, 0.3) is 0 Å². The number of nitrogens with zero attached hydrogens (tertiary/aromatic N) is 1. The Labute approximate surface area is 110 Å². The van der Waals surface area contributed by atoms with Crippen LogP contribution in [0.3, 0.4) is 0 Å². The van der Waals surface area contributed by atoms with Gasteiger partial charge in [-0.2, -0.15) is 5.26 Å². The van der Waals surface area contributed by atoms with Crippen molar-refractivity contribution in [3.8, 4) is 6.07 Å². The lowest BCUT2D eigenvalue weighted by Crippen LogP contribution is -2.31. The van der Waals surface area contributed by atoms with E-state index in [0.717, 1.165) is 24.8 Å². The second-order valence-electron chi connectivity index (χ2n) is 5.14. The second kappa shape index (κ2) is 7.20. The molecule has 0 radical (unpaired) electrons. The van der Waals surface area contributed by atoms with Crippen molar-refractivity contribution in [2.24, 2.45) is 17.8 Å². The third kappa shape index (κ3) is 3.60. The molecule has 100 valence electrons. The summed E-state index contributed by atoms with van der Waals surface area (Å²) in [5, 5.41) is 9.07. The smallest absolute Gasteiger partial charge is 0.313 e. The Hall–Kier alpha value is -1.30. The Bertz CT molecular complexity index is 354. The molecule has 0 aromatic carbocycles. The van der Waals surface area contributed by atoms with Crippen molar-refractivity contribution < 1.29 is 9.53 Å². The molecular weight excluding hydrogens is 226 g/mol. The van der Waals surface area contributed by atoms with E-state index >= 15 is 0 Å². The fraction of sp³-hybridized carbons (Fsp3) is 0.733. The topological polar surface area (TPSA) is 50.1 Å². The average molecular weight is 249 g/mol. The molecule has 0 bridgehead atoms. The molecule has 0 aliphatic heterocycles. The molecule has 0 N–H and O–H groups in total. The number of esters is 1. The highest BCUT2D eigenvalue weighted by atomic mass is 16.5. The van der Waals surface area contributed by atoms with E-state index in [9.17, 15) is 4.79 Å². The van der Waals surface area contributed by atoms with Crippen molar-refractivity contribution in [1.29, 1.82) is 5.26 Å². The van der Waals surface area contributed by atoms with Crippen LogP contribution in [0.4, 0.5) is 0 Å². The molecule has 0 saturated heterocycles. The highest BCUT2D eigenvalue weighted by molar-refractivity contribution is 5.76. The molecule has 1 rings (SSSR count). The summed E-state index contributed by atoms with van der Waals surface area (Å²) in [6, 6.07) is 2.30. The number of nitriles is 1. The first-order chi connectivity index (χ1) is 8.63. The van der Waals surface area contributed by atoms with E-state index in [1.54, 1.807) is 0 Å². The molecule has 0 aromatic rings. The van der Waals surface area contributed by atoms with Gasteiger partial charge in [-0.1, -0.05) is 37.8 Å². The third-order valence-corrected chi connectivity index (χ3v) is 3.78. The normalized spacial score (nSPS) is 27.2. The van der Waals surface area contributed by atoms with Crippen LogP contribution >= 0.6 is 0 Å². The monoisotopic (exact) mass is 249 g/mol. The Balaban J connectivity index is 2.79. The Morgan fingerprint density at radius 2 is 2.28 bits per heavy atom. The minimum absolute atomic E-state index is 0.0440. The minimum Gasteiger partial charge on any atom is -0.469 e. The molecule has 0 heterocycles. The number of hydrogen-bond acceptors (Lipinski definition) is 3. The van der Waals surface area contributed by atoms with Crippen LogP contribution in [0.2, 0.25) is 0 Å². The molecule has 18 heavy (non-hydrogen) atoms. The zero-order valence-corrected chi connectivity index (χ0v) is 11.6. The van der Waals surface area contributed by atoms with Crippen molar-refractivity contribution in [3.63, 3.8) is 0 Å². The Morgan fingerprint density at radius 1 is 1.56 bits per heavy atom. The number of hydrogen-bond donors (Lipinski definition) is 0. The van der Waals surface area contributed by atoms with Gasteiger partial charge >= 0.3 is 5.97 Å². The summed E-state index contributed by atoms with van der Waals surface area (Å²) in [4.78, 5) is 11.9. The van der Waals surface area contributed by atoms with Gasteiger partial charge in [0.2, 0.25) is 0 Å². The third-order valence-electron chi connectivity index (χ3n) is 3.78. The largest absolute Gasteiger partial charge is 0.469 e. The van der Waals surface area contributed by atoms with Crippen molar-refractivity contribution in [3.05, 3.63) is 11.6 Å². The Kier molecular flexibility index (Phi) is 5.91. The van der Waals surface area contributed by atoms with E-state index in [-0.39, 0.29) is 23.7 Å². The fourth-order valence-electron chi connectivity index (χ4n) is 2.86. The highest BCUT2D eigenvalue weighted by Crippen LogP contribution is 2.37. The van der Waals surface area contributed by atoms with Crippen LogP contribution in [0.25, 0.3) is 0 Å². The fourth-order valence-corrected chi connectivity index (χ4v) is 2.86. The predicted octanol–water partition coefficient (Wildman–Crippen LogP) is 3.46. The molecule has 3 atom stereocenters. The lowest BCUT2D eigenvalue weighted by molar-refractivity contribution is -0.146. The SMILES string of the molecule is CCCCCC1CC(C#N)C=C(C)C1C(=O)OC. The lowest BCUT2D eigenvalue weighted by atomic mass is 9.73. The number of rotatable bonds is 5. The van der Waals surface area contributed by atoms with E-state index in [1.807, 2.05) is 13.0 Å². The standard InChI is InChI=1S/C15H23NO2/c1-4-5-6-7-13-9-12(10-16)8-11(2)14(13)15(17)18-3/h8,12-14H,4-7,9H2,1-3H3. The molecule has 0 saturated carbocycles. The summed E-state index contributed by atoms with van der Waals surface area (Å²) in [5.41, 5.74) is 1.00. The highest BCUT2D eigenvalue weighted by Gasteiger charge is 2.35. The molecular formula is C15H23NO2. The number of ether oxygens (including phenoxy) is 1. The first kappa shape index (κ1) is 14.8. The minimum atomic E-state index is -0.151. The summed E-state index contributed by atoms with van der Waals surface area (Å²) < 4.78 is 4.90. The van der Waals surface area contributed by atoms with Crippen LogP contribution in [0.1, 0.15) is 46.0 Å². The molecule has 0 spiro atoms. The van der Waals surface area contributed by atoms with Gasteiger partial charge in [0, 0.05) is 0 Å². The van der Waals surface area contributed by atoms with Crippen LogP contribution in [-0.4, -0.2) is 13.1 Å². The molecule has 0 aromatic heterocycles. The van der Waals surface area contributed by atoms with Gasteiger partial charge < -0.3 is 4.74 Å². The van der Waals surface area contributed by atoms with Crippen LogP contribution in [0.5, 0.6) is 0 Å². The van der Waals surface area contributed by atoms with E-state index in [4.69, 9.17) is 10.00 Å². The molecule has 1 aliphatic rings. The first-order valence-corrected chi connectivity index (χ1v) is 6.79. The molecule has 3 heteroatoms. The second-order valence-corrected chi connectivity index (χ2v) is 5.14. The average Bonchev–Trinajstić information content (AvgIpc) is 2.37. The summed E-state index contributed by atoms with van der Waals surface area (Å²) in [7, 11) is 1.44.